The summed E-state index contributed by atoms with van der Waals surface area (Å²) in [5, 5.41) is 0.408. The van der Waals surface area contributed by atoms with Gasteiger partial charge in [-0.25, -0.2) is 0 Å². The van der Waals surface area contributed by atoms with Crippen molar-refractivity contribution in [2.75, 3.05) is 6.61 Å². The topological polar surface area (TPSA) is 27.7 Å². The van der Waals surface area contributed by atoms with E-state index in [1.807, 2.05) is 0 Å². The molecule has 0 unspecified atom stereocenters. The highest BCUT2D eigenvalue weighted by Gasteiger charge is 2.30. The first-order valence-corrected chi connectivity index (χ1v) is 8.76. The van der Waals surface area contributed by atoms with E-state index in [1.165, 1.54) is 42.5 Å². The van der Waals surface area contributed by atoms with Crippen LogP contribution in [-0.4, -0.2) is 13.0 Å². The van der Waals surface area contributed by atoms with Gasteiger partial charge in [-0.2, -0.15) is 0 Å². The van der Waals surface area contributed by atoms with Gasteiger partial charge in [-0.05, 0) is 23.8 Å². The molecule has 0 amide bonds. The second-order valence-corrected chi connectivity index (χ2v) is 6.82. The van der Waals surface area contributed by atoms with Crippen molar-refractivity contribution < 1.29 is 27.4 Å². The van der Waals surface area contributed by atoms with Gasteiger partial charge in [0.05, 0.1) is 10.0 Å². The highest BCUT2D eigenvalue weighted by atomic mass is 35.5. The summed E-state index contributed by atoms with van der Waals surface area (Å²) < 4.78 is 51.2. The summed E-state index contributed by atoms with van der Waals surface area (Å²) in [6.45, 7) is 0.165. The molecule has 0 aromatic heterocycles. The quantitative estimate of drug-likeness (QED) is 0.437. The van der Waals surface area contributed by atoms with E-state index in [1.54, 1.807) is 0 Å². The van der Waals surface area contributed by atoms with Gasteiger partial charge in [0.1, 0.15) is 29.2 Å². The number of alkyl halides is 3. The first kappa shape index (κ1) is 21.8. The first-order valence-electron chi connectivity index (χ1n) is 7.24. The molecule has 0 aliphatic heterocycles. The molecule has 27 heavy (non-hydrogen) atoms. The van der Waals surface area contributed by atoms with E-state index in [9.17, 15) is 13.2 Å². The summed E-state index contributed by atoms with van der Waals surface area (Å²) in [6, 6.07) is 8.23. The van der Waals surface area contributed by atoms with E-state index in [4.69, 9.17) is 55.9 Å². The van der Waals surface area contributed by atoms with E-state index in [0.717, 1.165) is 0 Å². The predicted molar refractivity (Wildman–Crippen MR) is 99.2 cm³/mol. The fourth-order valence-corrected chi connectivity index (χ4v) is 2.60. The lowest BCUT2D eigenvalue weighted by molar-refractivity contribution is -0.274. The number of benzene rings is 2. The molecule has 0 radical (unpaired) electrons. The van der Waals surface area contributed by atoms with E-state index in [-0.39, 0.29) is 39.2 Å². The average Bonchev–Trinajstić information content (AvgIpc) is 2.54. The number of rotatable bonds is 7. The molecule has 0 N–H and O–H groups in total. The Morgan fingerprint density at radius 2 is 1.52 bits per heavy atom. The molecular weight excluding hydrogens is 451 g/mol. The highest BCUT2D eigenvalue weighted by Crippen LogP contribution is 2.37. The van der Waals surface area contributed by atoms with Crippen molar-refractivity contribution in [3.63, 3.8) is 0 Å². The van der Waals surface area contributed by atoms with E-state index >= 15 is 0 Å². The lowest BCUT2D eigenvalue weighted by Gasteiger charge is -2.13. The Morgan fingerprint density at radius 3 is 2.04 bits per heavy atom. The minimum Gasteiger partial charge on any atom is -0.489 e. The average molecular weight is 462 g/mol. The van der Waals surface area contributed by atoms with Gasteiger partial charge in [0.2, 0.25) is 0 Å². The molecule has 0 heterocycles. The molecule has 2 aromatic rings. The van der Waals surface area contributed by atoms with Gasteiger partial charge in [0.25, 0.3) is 0 Å². The molecule has 146 valence electrons. The summed E-state index contributed by atoms with van der Waals surface area (Å²) in [7, 11) is 0. The Bertz CT molecular complexity index is 781. The van der Waals surface area contributed by atoms with Gasteiger partial charge < -0.3 is 14.2 Å². The van der Waals surface area contributed by atoms with E-state index in [2.05, 4.69) is 4.74 Å². The molecule has 0 saturated carbocycles. The molecule has 3 nitrogen and oxygen atoms in total. The maximum atomic E-state index is 12.1. The van der Waals surface area contributed by atoms with Crippen LogP contribution in [0.3, 0.4) is 0 Å². The minimum absolute atomic E-state index is 0.0382. The van der Waals surface area contributed by atoms with Crippen molar-refractivity contribution in [3.8, 4) is 17.2 Å². The third-order valence-corrected chi connectivity index (χ3v) is 3.87. The maximum Gasteiger partial charge on any atom is 0.573 e. The van der Waals surface area contributed by atoms with E-state index in [0.29, 0.717) is 11.3 Å². The molecule has 0 saturated heterocycles. The second-order valence-electron chi connectivity index (χ2n) is 5.00. The lowest BCUT2D eigenvalue weighted by Crippen LogP contribution is -2.17. The molecule has 10 heteroatoms. The van der Waals surface area contributed by atoms with Crippen molar-refractivity contribution in [1.29, 1.82) is 0 Å². The Kier molecular flexibility index (Phi) is 7.79. The van der Waals surface area contributed by atoms with Crippen LogP contribution in [0.25, 0.3) is 0 Å². The van der Waals surface area contributed by atoms with Crippen molar-refractivity contribution in [2.45, 2.75) is 13.0 Å². The number of hydrogen-bond donors (Lipinski definition) is 0. The molecule has 2 aromatic carbocycles. The lowest BCUT2D eigenvalue weighted by atomic mass is 10.2. The van der Waals surface area contributed by atoms with Gasteiger partial charge in [-0.1, -0.05) is 58.5 Å². The van der Waals surface area contributed by atoms with Gasteiger partial charge >= 0.3 is 6.36 Å². The largest absolute Gasteiger partial charge is 0.573 e. The summed E-state index contributed by atoms with van der Waals surface area (Å²) in [5.74, 6) is 0.277. The summed E-state index contributed by atoms with van der Waals surface area (Å²) in [6.07, 6.45) is -3.30. The smallest absolute Gasteiger partial charge is 0.489 e. The van der Waals surface area contributed by atoms with Crippen LogP contribution < -0.4 is 14.2 Å². The van der Waals surface area contributed by atoms with Crippen molar-refractivity contribution in [2.24, 2.45) is 0 Å². The molecule has 0 fully saturated rings. The van der Waals surface area contributed by atoms with Crippen LogP contribution in [0.5, 0.6) is 17.2 Å². The van der Waals surface area contributed by atoms with Gasteiger partial charge in [-0.15, -0.1) is 13.2 Å². The Hall–Kier alpha value is -1.47. The Labute approximate surface area is 173 Å². The van der Waals surface area contributed by atoms with Crippen molar-refractivity contribution in [3.05, 3.63) is 62.6 Å². The SMILES string of the molecule is FC(F)(F)Oc1ccc(COc2c(Cl)cc(OCC=C(Cl)Cl)cc2Cl)cc1. The van der Waals surface area contributed by atoms with Gasteiger partial charge in [0.15, 0.2) is 5.75 Å². The van der Waals surface area contributed by atoms with Crippen LogP contribution in [0.4, 0.5) is 13.2 Å². The number of hydrogen-bond acceptors (Lipinski definition) is 3. The predicted octanol–water partition coefficient (Wildman–Crippen LogP) is 7.17. The molecule has 0 atom stereocenters. The summed E-state index contributed by atoms with van der Waals surface area (Å²) in [5.41, 5.74) is 0.596. The van der Waals surface area contributed by atoms with Crippen LogP contribution in [0.15, 0.2) is 47.0 Å². The number of ether oxygens (including phenoxy) is 3. The zero-order chi connectivity index (χ0) is 20.0. The van der Waals surface area contributed by atoms with Crippen LogP contribution in [0, 0.1) is 0 Å². The molecule has 0 aliphatic carbocycles. The zero-order valence-corrected chi connectivity index (χ0v) is 16.3. The number of halogens is 7. The maximum absolute atomic E-state index is 12.1. The summed E-state index contributed by atoms with van der Waals surface area (Å²) in [4.78, 5) is 0. The van der Waals surface area contributed by atoms with E-state index < -0.39 is 6.36 Å². The molecule has 2 rings (SSSR count). The Morgan fingerprint density at radius 1 is 0.926 bits per heavy atom. The van der Waals surface area contributed by atoms with Crippen LogP contribution >= 0.6 is 46.4 Å². The zero-order valence-electron chi connectivity index (χ0n) is 13.3. The fraction of sp³-hybridized carbons (Fsp3) is 0.176. The molecule has 0 spiro atoms. The Balaban J connectivity index is 2.00. The molecular formula is C17H11Cl4F3O3. The highest BCUT2D eigenvalue weighted by molar-refractivity contribution is 6.55. The molecule has 0 aliphatic rings. The van der Waals surface area contributed by atoms with Crippen molar-refractivity contribution >= 4 is 46.4 Å². The second kappa shape index (κ2) is 9.64. The third-order valence-electron chi connectivity index (χ3n) is 3.00. The standard InChI is InChI=1S/C17H11Cl4F3O3/c18-13-7-12(25-6-5-15(20)21)8-14(19)16(13)26-9-10-1-3-11(4-2-10)27-17(22,23)24/h1-5,7-8H,6,9H2. The minimum atomic E-state index is -4.74. The summed E-state index contributed by atoms with van der Waals surface area (Å²) >= 11 is 23.2. The van der Waals surface area contributed by atoms with Crippen LogP contribution in [0.2, 0.25) is 10.0 Å². The third kappa shape index (κ3) is 7.58. The van der Waals surface area contributed by atoms with Crippen LogP contribution in [0.1, 0.15) is 5.56 Å². The first-order chi connectivity index (χ1) is 12.6. The van der Waals surface area contributed by atoms with Gasteiger partial charge in [0, 0.05) is 12.1 Å². The van der Waals surface area contributed by atoms with Crippen LogP contribution in [-0.2, 0) is 6.61 Å². The normalized spacial score (nSPS) is 11.1. The van der Waals surface area contributed by atoms with Crippen molar-refractivity contribution in [1.82, 2.24) is 0 Å². The fourth-order valence-electron chi connectivity index (χ4n) is 1.90. The monoisotopic (exact) mass is 460 g/mol. The van der Waals surface area contributed by atoms with Gasteiger partial charge in [-0.3, -0.25) is 0 Å². The molecule has 0 bridgehead atoms.